The van der Waals surface area contributed by atoms with Gasteiger partial charge in [0.15, 0.2) is 0 Å². The topological polar surface area (TPSA) is 58.4 Å². The molecule has 1 atom stereocenters. The van der Waals surface area contributed by atoms with Crippen LogP contribution in [0.5, 0.6) is 0 Å². The fraction of sp³-hybridized carbons (Fsp3) is 0.650. The van der Waals surface area contributed by atoms with E-state index in [2.05, 4.69) is 48.3 Å². The van der Waals surface area contributed by atoms with Gasteiger partial charge in [-0.2, -0.15) is 0 Å². The summed E-state index contributed by atoms with van der Waals surface area (Å²) in [5.41, 5.74) is 8.23. The molecule has 2 rings (SSSR count). The van der Waals surface area contributed by atoms with Crippen molar-refractivity contribution in [3.8, 4) is 0 Å². The molecule has 1 heterocycles. The number of piperidine rings is 1. The minimum Gasteiger partial charge on any atom is -0.354 e. The second-order valence-electron chi connectivity index (χ2n) is 7.17. The van der Waals surface area contributed by atoms with Crippen LogP contribution in [0.1, 0.15) is 56.6 Å². The monoisotopic (exact) mass is 367 g/mol. The van der Waals surface area contributed by atoms with Crippen LogP contribution in [0.2, 0.25) is 0 Å². The van der Waals surface area contributed by atoms with Gasteiger partial charge in [-0.3, -0.25) is 9.69 Å². The quantitative estimate of drug-likeness (QED) is 0.742. The van der Waals surface area contributed by atoms with E-state index in [0.29, 0.717) is 24.9 Å². The molecule has 0 radical (unpaired) electrons. The second kappa shape index (κ2) is 11.5. The van der Waals surface area contributed by atoms with E-state index in [9.17, 15) is 4.79 Å². The van der Waals surface area contributed by atoms with Gasteiger partial charge in [-0.1, -0.05) is 44.5 Å². The molecule has 1 aromatic rings. The number of nitrogens with two attached hydrogens (primary N) is 1. The zero-order valence-corrected chi connectivity index (χ0v) is 16.5. The summed E-state index contributed by atoms with van der Waals surface area (Å²) in [7, 11) is 0. The largest absolute Gasteiger partial charge is 0.354 e. The second-order valence-corrected chi connectivity index (χ2v) is 7.17. The fourth-order valence-electron chi connectivity index (χ4n) is 3.38. The van der Waals surface area contributed by atoms with Gasteiger partial charge in [0.25, 0.3) is 0 Å². The molecule has 0 aliphatic carbocycles. The van der Waals surface area contributed by atoms with Crippen molar-refractivity contribution in [2.45, 2.75) is 57.9 Å². The van der Waals surface area contributed by atoms with E-state index in [1.165, 1.54) is 30.4 Å². The Labute approximate surface area is 158 Å². The Morgan fingerprint density at radius 1 is 1.28 bits per heavy atom. The van der Waals surface area contributed by atoms with Crippen LogP contribution in [0.3, 0.4) is 0 Å². The van der Waals surface area contributed by atoms with Gasteiger partial charge in [-0.05, 0) is 42.9 Å². The van der Waals surface area contributed by atoms with Gasteiger partial charge < -0.3 is 11.1 Å². The molecule has 0 bridgehead atoms. The van der Waals surface area contributed by atoms with E-state index in [1.807, 2.05) is 0 Å². The Bertz CT molecular complexity index is 504. The van der Waals surface area contributed by atoms with Gasteiger partial charge in [0.1, 0.15) is 0 Å². The number of amides is 1. The highest BCUT2D eigenvalue weighted by Gasteiger charge is 2.22. The number of nitrogens with one attached hydrogen (secondary N) is 1. The van der Waals surface area contributed by atoms with E-state index in [0.717, 1.165) is 26.1 Å². The Hall–Kier alpha value is -1.10. The number of carbonyl (C=O) groups is 1. The van der Waals surface area contributed by atoms with Crippen molar-refractivity contribution >= 4 is 18.3 Å². The maximum atomic E-state index is 11.6. The standard InChI is InChI=1S/C20H33N3O.ClH/c1-16(2)18-8-6-17(7-9-18)11-14-23-13-4-3-5-19(23)15-22-20(24)10-12-21;/h6-9,16,19H,3-5,10-15,21H2,1-2H3,(H,22,24);1H. The summed E-state index contributed by atoms with van der Waals surface area (Å²) >= 11 is 0. The van der Waals surface area contributed by atoms with Crippen LogP contribution in [0.15, 0.2) is 24.3 Å². The molecular formula is C20H34ClN3O. The van der Waals surface area contributed by atoms with Gasteiger partial charge in [-0.25, -0.2) is 0 Å². The fourth-order valence-corrected chi connectivity index (χ4v) is 3.38. The maximum absolute atomic E-state index is 11.6. The average Bonchev–Trinajstić information content (AvgIpc) is 2.59. The number of hydrogen-bond acceptors (Lipinski definition) is 3. The van der Waals surface area contributed by atoms with Crippen molar-refractivity contribution in [1.29, 1.82) is 0 Å². The highest BCUT2D eigenvalue weighted by molar-refractivity contribution is 5.85. The lowest BCUT2D eigenvalue weighted by molar-refractivity contribution is -0.121. The molecule has 25 heavy (non-hydrogen) atoms. The first kappa shape index (κ1) is 21.9. The highest BCUT2D eigenvalue weighted by Crippen LogP contribution is 2.18. The van der Waals surface area contributed by atoms with Crippen LogP contribution >= 0.6 is 12.4 Å². The molecule has 0 spiro atoms. The number of likely N-dealkylation sites (tertiary alicyclic amines) is 1. The molecule has 1 unspecified atom stereocenters. The molecular weight excluding hydrogens is 334 g/mol. The SMILES string of the molecule is CC(C)c1ccc(CCN2CCCCC2CNC(=O)CCN)cc1.Cl. The summed E-state index contributed by atoms with van der Waals surface area (Å²) in [6, 6.07) is 9.49. The first-order valence-corrected chi connectivity index (χ1v) is 9.39. The molecule has 1 saturated heterocycles. The summed E-state index contributed by atoms with van der Waals surface area (Å²) in [4.78, 5) is 14.2. The predicted molar refractivity (Wildman–Crippen MR) is 107 cm³/mol. The third-order valence-electron chi connectivity index (χ3n) is 4.99. The number of carbonyl (C=O) groups excluding carboxylic acids is 1. The van der Waals surface area contributed by atoms with Gasteiger partial charge in [0, 0.05) is 32.1 Å². The summed E-state index contributed by atoms with van der Waals surface area (Å²) < 4.78 is 0. The molecule has 1 aromatic carbocycles. The first-order chi connectivity index (χ1) is 11.6. The summed E-state index contributed by atoms with van der Waals surface area (Å²) in [5, 5.41) is 3.04. The number of rotatable bonds is 8. The number of benzene rings is 1. The van der Waals surface area contributed by atoms with Crippen LogP contribution in [0, 0.1) is 0 Å². The van der Waals surface area contributed by atoms with Gasteiger partial charge in [-0.15, -0.1) is 12.4 Å². The molecule has 1 fully saturated rings. The molecule has 0 aromatic heterocycles. The Balaban J connectivity index is 0.00000312. The minimum absolute atomic E-state index is 0. The molecule has 1 amide bonds. The zero-order valence-electron chi connectivity index (χ0n) is 15.7. The van der Waals surface area contributed by atoms with Gasteiger partial charge in [0.2, 0.25) is 5.91 Å². The predicted octanol–water partition coefficient (Wildman–Crippen LogP) is 3.09. The van der Waals surface area contributed by atoms with Crippen molar-refractivity contribution in [2.75, 3.05) is 26.2 Å². The Morgan fingerprint density at radius 2 is 2.00 bits per heavy atom. The van der Waals surface area contributed by atoms with Gasteiger partial charge in [0.05, 0.1) is 0 Å². The Morgan fingerprint density at radius 3 is 2.64 bits per heavy atom. The van der Waals surface area contributed by atoms with Gasteiger partial charge >= 0.3 is 0 Å². The number of nitrogens with zero attached hydrogens (tertiary/aromatic N) is 1. The lowest BCUT2D eigenvalue weighted by Crippen LogP contribution is -2.47. The van der Waals surface area contributed by atoms with Crippen molar-refractivity contribution in [1.82, 2.24) is 10.2 Å². The minimum atomic E-state index is 0. The summed E-state index contributed by atoms with van der Waals surface area (Å²) in [6.07, 6.45) is 5.20. The Kier molecular flexibility index (Phi) is 10.1. The lowest BCUT2D eigenvalue weighted by Gasteiger charge is -2.36. The number of halogens is 1. The average molecular weight is 368 g/mol. The van der Waals surface area contributed by atoms with Crippen molar-refractivity contribution in [3.63, 3.8) is 0 Å². The van der Waals surface area contributed by atoms with E-state index < -0.39 is 0 Å². The lowest BCUT2D eigenvalue weighted by atomic mass is 9.99. The number of hydrogen-bond donors (Lipinski definition) is 2. The van der Waals surface area contributed by atoms with E-state index in [4.69, 9.17) is 5.73 Å². The normalized spacial score (nSPS) is 18.0. The van der Waals surface area contributed by atoms with Crippen LogP contribution in [0.4, 0.5) is 0 Å². The van der Waals surface area contributed by atoms with Crippen LogP contribution < -0.4 is 11.1 Å². The van der Waals surface area contributed by atoms with E-state index in [-0.39, 0.29) is 18.3 Å². The zero-order chi connectivity index (χ0) is 17.4. The van der Waals surface area contributed by atoms with Crippen LogP contribution in [-0.4, -0.2) is 43.0 Å². The molecule has 4 nitrogen and oxygen atoms in total. The van der Waals surface area contributed by atoms with Crippen molar-refractivity contribution in [3.05, 3.63) is 35.4 Å². The molecule has 5 heteroatoms. The van der Waals surface area contributed by atoms with E-state index >= 15 is 0 Å². The molecule has 142 valence electrons. The molecule has 1 aliphatic heterocycles. The third-order valence-corrected chi connectivity index (χ3v) is 4.99. The molecule has 1 aliphatic rings. The summed E-state index contributed by atoms with van der Waals surface area (Å²) in [5.74, 6) is 0.662. The first-order valence-electron chi connectivity index (χ1n) is 9.39. The molecule has 0 saturated carbocycles. The van der Waals surface area contributed by atoms with Crippen molar-refractivity contribution < 1.29 is 4.79 Å². The highest BCUT2D eigenvalue weighted by atomic mass is 35.5. The maximum Gasteiger partial charge on any atom is 0.221 e. The third kappa shape index (κ3) is 7.35. The molecule has 3 N–H and O–H groups in total. The van der Waals surface area contributed by atoms with E-state index in [1.54, 1.807) is 0 Å². The van der Waals surface area contributed by atoms with Crippen molar-refractivity contribution in [2.24, 2.45) is 5.73 Å². The van der Waals surface area contributed by atoms with Crippen LogP contribution in [-0.2, 0) is 11.2 Å². The summed E-state index contributed by atoms with van der Waals surface area (Å²) in [6.45, 7) is 7.84. The smallest absolute Gasteiger partial charge is 0.221 e. The van der Waals surface area contributed by atoms with Crippen LogP contribution in [0.25, 0.3) is 0 Å².